The van der Waals surface area contributed by atoms with Crippen LogP contribution in [-0.2, 0) is 9.63 Å². The number of fused-ring (bicyclic) bond motifs is 3. The summed E-state index contributed by atoms with van der Waals surface area (Å²) in [5.74, 6) is 2.02. The number of amides is 1. The van der Waals surface area contributed by atoms with E-state index in [2.05, 4.69) is 31.2 Å². The highest BCUT2D eigenvalue weighted by molar-refractivity contribution is 5.99. The van der Waals surface area contributed by atoms with E-state index in [-0.39, 0.29) is 36.2 Å². The van der Waals surface area contributed by atoms with Crippen molar-refractivity contribution < 1.29 is 19.1 Å². The lowest BCUT2D eigenvalue weighted by molar-refractivity contribution is -0.127. The van der Waals surface area contributed by atoms with Gasteiger partial charge in [-0.2, -0.15) is 0 Å². The molecule has 6 heteroatoms. The first-order chi connectivity index (χ1) is 12.8. The van der Waals surface area contributed by atoms with Crippen molar-refractivity contribution in [3.8, 4) is 11.5 Å². The number of carbonyl (C=O) groups is 1. The molecule has 2 saturated carbocycles. The van der Waals surface area contributed by atoms with Crippen molar-refractivity contribution in [2.24, 2.45) is 21.9 Å². The molecule has 1 aliphatic heterocycles. The minimum atomic E-state index is -0.105. The number of nitrogens with one attached hydrogen (secondary N) is 1. The molecule has 4 rings (SSSR count). The second kappa shape index (κ2) is 6.43. The summed E-state index contributed by atoms with van der Waals surface area (Å²) in [6, 6.07) is 5.83. The maximum Gasteiger partial charge on any atom is 0.261 e. The smallest absolute Gasteiger partial charge is 0.261 e. The SMILES string of the molecule is CC(=NOCC(=O)N[C@@H]1C[C@H]2CC[C@@]1(C)C2(C)C)c1ccc2c(c1)OCO2. The standard InChI is InChI=1S/C21H28N2O4/c1-13(14-5-6-16-17(9-14)26-12-25-16)23-27-11-19(24)22-18-10-15-7-8-21(18,4)20(15,2)3/h5-6,9,15,18H,7-8,10-12H2,1-4H3,(H,22,24)/t15-,18-,21-/m1/s1. The third-order valence-electron chi connectivity index (χ3n) is 7.32. The zero-order chi connectivity index (χ0) is 19.2. The molecule has 27 heavy (non-hydrogen) atoms. The Bertz CT molecular complexity index is 788. The van der Waals surface area contributed by atoms with Crippen LogP contribution in [-0.4, -0.2) is 31.1 Å². The monoisotopic (exact) mass is 372 g/mol. The van der Waals surface area contributed by atoms with E-state index in [1.165, 1.54) is 12.8 Å². The third-order valence-corrected chi connectivity index (χ3v) is 7.32. The second-order valence-electron chi connectivity index (χ2n) is 8.75. The first kappa shape index (κ1) is 18.1. The van der Waals surface area contributed by atoms with E-state index >= 15 is 0 Å². The fourth-order valence-corrected chi connectivity index (χ4v) is 5.02. The molecule has 1 aromatic rings. The van der Waals surface area contributed by atoms with Gasteiger partial charge in [0, 0.05) is 11.6 Å². The Balaban J connectivity index is 1.32. The fraction of sp³-hybridized carbons (Fsp3) is 0.619. The van der Waals surface area contributed by atoms with Crippen molar-refractivity contribution in [3.05, 3.63) is 23.8 Å². The minimum Gasteiger partial charge on any atom is -0.454 e. The molecule has 0 spiro atoms. The number of hydrogen-bond acceptors (Lipinski definition) is 5. The summed E-state index contributed by atoms with van der Waals surface area (Å²) in [7, 11) is 0. The van der Waals surface area contributed by atoms with E-state index in [0.29, 0.717) is 17.4 Å². The molecule has 0 unspecified atom stereocenters. The van der Waals surface area contributed by atoms with Crippen LogP contribution in [0.25, 0.3) is 0 Å². The molecule has 3 aliphatic rings. The van der Waals surface area contributed by atoms with E-state index in [0.717, 1.165) is 17.7 Å². The Morgan fingerprint density at radius 3 is 2.78 bits per heavy atom. The minimum absolute atomic E-state index is 0.0699. The van der Waals surface area contributed by atoms with Gasteiger partial charge in [-0.1, -0.05) is 25.9 Å². The third kappa shape index (κ3) is 2.95. The van der Waals surface area contributed by atoms with Crippen LogP contribution in [0, 0.1) is 16.7 Å². The van der Waals surface area contributed by atoms with E-state index in [9.17, 15) is 4.79 Å². The summed E-state index contributed by atoms with van der Waals surface area (Å²) in [6.07, 6.45) is 3.51. The lowest BCUT2D eigenvalue weighted by atomic mass is 9.69. The van der Waals surface area contributed by atoms with Crippen molar-refractivity contribution in [2.45, 2.75) is 53.0 Å². The number of nitrogens with zero attached hydrogens (tertiary/aromatic N) is 1. The van der Waals surface area contributed by atoms with Crippen LogP contribution < -0.4 is 14.8 Å². The summed E-state index contributed by atoms with van der Waals surface area (Å²) in [6.45, 7) is 9.00. The molecule has 2 bridgehead atoms. The summed E-state index contributed by atoms with van der Waals surface area (Å²) in [5, 5.41) is 7.27. The van der Waals surface area contributed by atoms with E-state index < -0.39 is 0 Å². The molecule has 146 valence electrons. The van der Waals surface area contributed by atoms with Gasteiger partial charge in [0.2, 0.25) is 6.79 Å². The van der Waals surface area contributed by atoms with Crippen LogP contribution in [0.15, 0.2) is 23.4 Å². The Labute approximate surface area is 160 Å². The lowest BCUT2D eigenvalue weighted by Gasteiger charge is -2.39. The molecule has 2 fully saturated rings. The highest BCUT2D eigenvalue weighted by atomic mass is 16.7. The second-order valence-corrected chi connectivity index (χ2v) is 8.75. The highest BCUT2D eigenvalue weighted by Crippen LogP contribution is 2.65. The number of carbonyl (C=O) groups excluding carboxylic acids is 1. The first-order valence-electron chi connectivity index (χ1n) is 9.67. The normalized spacial score (nSPS) is 30.4. The van der Waals surface area contributed by atoms with Gasteiger partial charge in [-0.05, 0) is 61.1 Å². The topological polar surface area (TPSA) is 69.2 Å². The Morgan fingerprint density at radius 2 is 2.07 bits per heavy atom. The van der Waals surface area contributed by atoms with Crippen LogP contribution in [0.5, 0.6) is 11.5 Å². The van der Waals surface area contributed by atoms with Gasteiger partial charge in [0.25, 0.3) is 5.91 Å². The molecule has 0 aromatic heterocycles. The van der Waals surface area contributed by atoms with Gasteiger partial charge in [0.05, 0.1) is 5.71 Å². The van der Waals surface area contributed by atoms with E-state index in [1.54, 1.807) is 0 Å². The quantitative estimate of drug-likeness (QED) is 0.635. The van der Waals surface area contributed by atoms with Crippen LogP contribution in [0.4, 0.5) is 0 Å². The summed E-state index contributed by atoms with van der Waals surface area (Å²) in [5.41, 5.74) is 2.01. The highest BCUT2D eigenvalue weighted by Gasteiger charge is 2.61. The van der Waals surface area contributed by atoms with Crippen LogP contribution >= 0.6 is 0 Å². The zero-order valence-electron chi connectivity index (χ0n) is 16.5. The molecule has 0 radical (unpaired) electrons. The van der Waals surface area contributed by atoms with E-state index in [4.69, 9.17) is 14.3 Å². The van der Waals surface area contributed by atoms with Crippen LogP contribution in [0.3, 0.4) is 0 Å². The molecular formula is C21H28N2O4. The Hall–Kier alpha value is -2.24. The summed E-state index contributed by atoms with van der Waals surface area (Å²) >= 11 is 0. The summed E-state index contributed by atoms with van der Waals surface area (Å²) < 4.78 is 10.7. The number of rotatable bonds is 5. The van der Waals surface area contributed by atoms with Gasteiger partial charge < -0.3 is 19.6 Å². The average molecular weight is 372 g/mol. The molecule has 2 aliphatic carbocycles. The number of ether oxygens (including phenoxy) is 2. The van der Waals surface area contributed by atoms with Gasteiger partial charge in [0.1, 0.15) is 0 Å². The molecule has 1 heterocycles. The largest absolute Gasteiger partial charge is 0.454 e. The Morgan fingerprint density at radius 1 is 1.30 bits per heavy atom. The molecule has 6 nitrogen and oxygen atoms in total. The average Bonchev–Trinajstić information content (AvgIpc) is 3.23. The first-order valence-corrected chi connectivity index (χ1v) is 9.67. The van der Waals surface area contributed by atoms with Gasteiger partial charge in [0.15, 0.2) is 18.1 Å². The van der Waals surface area contributed by atoms with Crippen molar-refractivity contribution in [3.63, 3.8) is 0 Å². The molecule has 3 atom stereocenters. The van der Waals surface area contributed by atoms with Crippen LogP contribution in [0.2, 0.25) is 0 Å². The van der Waals surface area contributed by atoms with Gasteiger partial charge in [-0.15, -0.1) is 0 Å². The molecular weight excluding hydrogens is 344 g/mol. The predicted octanol–water partition coefficient (Wildman–Crippen LogP) is 3.49. The van der Waals surface area contributed by atoms with Crippen molar-refractivity contribution in [2.75, 3.05) is 13.4 Å². The van der Waals surface area contributed by atoms with Gasteiger partial charge >= 0.3 is 0 Å². The van der Waals surface area contributed by atoms with Gasteiger partial charge in [-0.3, -0.25) is 4.79 Å². The summed E-state index contributed by atoms with van der Waals surface area (Å²) in [4.78, 5) is 17.7. The molecule has 1 amide bonds. The zero-order valence-corrected chi connectivity index (χ0v) is 16.5. The van der Waals surface area contributed by atoms with Crippen molar-refractivity contribution >= 4 is 11.6 Å². The molecule has 0 saturated heterocycles. The Kier molecular flexibility index (Phi) is 4.32. The molecule has 1 aromatic carbocycles. The van der Waals surface area contributed by atoms with Gasteiger partial charge in [-0.25, -0.2) is 0 Å². The number of benzene rings is 1. The number of oxime groups is 1. The lowest BCUT2D eigenvalue weighted by Crippen LogP contribution is -2.47. The molecule has 1 N–H and O–H groups in total. The maximum absolute atomic E-state index is 12.4. The van der Waals surface area contributed by atoms with Crippen LogP contribution in [0.1, 0.15) is 52.5 Å². The number of hydrogen-bond donors (Lipinski definition) is 1. The maximum atomic E-state index is 12.4. The van der Waals surface area contributed by atoms with E-state index in [1.807, 2.05) is 25.1 Å². The van der Waals surface area contributed by atoms with Crippen molar-refractivity contribution in [1.29, 1.82) is 0 Å². The predicted molar refractivity (Wildman–Crippen MR) is 102 cm³/mol. The van der Waals surface area contributed by atoms with Crippen molar-refractivity contribution in [1.82, 2.24) is 5.32 Å². The fourth-order valence-electron chi connectivity index (χ4n) is 5.02.